The van der Waals surface area contributed by atoms with Crippen molar-refractivity contribution in [1.82, 2.24) is 19.1 Å². The minimum Gasteiger partial charge on any atom is -0.456 e. The molecule has 0 N–H and O–H groups in total. The van der Waals surface area contributed by atoms with Gasteiger partial charge in [-0.25, -0.2) is 9.97 Å². The molecule has 5 heterocycles. The quantitative estimate of drug-likeness (QED) is 0.168. The summed E-state index contributed by atoms with van der Waals surface area (Å²) in [5.41, 5.74) is 11.7. The van der Waals surface area contributed by atoms with Gasteiger partial charge in [-0.2, -0.15) is 15.8 Å². The Morgan fingerprint density at radius 1 is 0.371 bits per heavy atom. The second-order valence-corrected chi connectivity index (χ2v) is 17.4. The van der Waals surface area contributed by atoms with E-state index in [-0.39, 0.29) is 5.56 Å². The van der Waals surface area contributed by atoms with Crippen molar-refractivity contribution in [1.29, 1.82) is 15.8 Å². The van der Waals surface area contributed by atoms with Crippen molar-refractivity contribution >= 4 is 87.5 Å². The fourth-order valence-electron chi connectivity index (χ4n) is 10.7. The summed E-state index contributed by atoms with van der Waals surface area (Å²) in [4.78, 5) is 10.2. The number of nitriles is 3. The lowest BCUT2D eigenvalue weighted by Gasteiger charge is -2.16. The van der Waals surface area contributed by atoms with Crippen LogP contribution in [-0.4, -0.2) is 19.1 Å². The number of nitrogens with zero attached hydrogens (tertiary/aromatic N) is 7. The van der Waals surface area contributed by atoms with Crippen molar-refractivity contribution in [2.24, 2.45) is 0 Å². The summed E-state index contributed by atoms with van der Waals surface area (Å²) in [7, 11) is 0. The Morgan fingerprint density at radius 2 is 0.814 bits per heavy atom. The molecule has 9 nitrogen and oxygen atoms in total. The molecule has 14 aromatic rings. The van der Waals surface area contributed by atoms with Gasteiger partial charge in [-0.3, -0.25) is 0 Å². The fourth-order valence-corrected chi connectivity index (χ4v) is 10.7. The van der Waals surface area contributed by atoms with Gasteiger partial charge in [-0.05, 0) is 72.8 Å². The smallest absolute Gasteiger partial charge is 0.160 e. The number of furan rings is 2. The van der Waals surface area contributed by atoms with Gasteiger partial charge in [-0.1, -0.05) is 115 Å². The largest absolute Gasteiger partial charge is 0.456 e. The van der Waals surface area contributed by atoms with E-state index in [2.05, 4.69) is 75.9 Å². The average Bonchev–Trinajstić information content (AvgIpc) is 4.18. The first-order chi connectivity index (χ1) is 34.6. The first-order valence-corrected chi connectivity index (χ1v) is 22.7. The van der Waals surface area contributed by atoms with E-state index < -0.39 is 0 Å². The molecule has 322 valence electrons. The van der Waals surface area contributed by atoms with E-state index in [1.54, 1.807) is 12.1 Å². The van der Waals surface area contributed by atoms with Gasteiger partial charge in [0.25, 0.3) is 0 Å². The molecule has 0 aliphatic heterocycles. The van der Waals surface area contributed by atoms with Crippen molar-refractivity contribution in [2.45, 2.75) is 0 Å². The Bertz CT molecular complexity index is 4430. The molecule has 14 rings (SSSR count). The fraction of sp³-hybridized carbons (Fsp3) is 0. The van der Waals surface area contributed by atoms with Crippen molar-refractivity contribution in [2.75, 3.05) is 0 Å². The molecule has 0 saturated carbocycles. The van der Waals surface area contributed by atoms with E-state index in [9.17, 15) is 15.8 Å². The van der Waals surface area contributed by atoms with Crippen molar-refractivity contribution < 1.29 is 8.83 Å². The third-order valence-corrected chi connectivity index (χ3v) is 13.7. The highest BCUT2D eigenvalue weighted by Crippen LogP contribution is 2.44. The predicted octanol–water partition coefficient (Wildman–Crippen LogP) is 15.1. The molecule has 9 heteroatoms. The van der Waals surface area contributed by atoms with Crippen molar-refractivity contribution in [3.05, 3.63) is 205 Å². The maximum Gasteiger partial charge on any atom is 0.160 e. The van der Waals surface area contributed by atoms with Crippen LogP contribution in [0.5, 0.6) is 0 Å². The third-order valence-electron chi connectivity index (χ3n) is 13.7. The highest BCUT2D eigenvalue weighted by Gasteiger charge is 2.25. The van der Waals surface area contributed by atoms with Gasteiger partial charge in [-0.15, -0.1) is 0 Å². The van der Waals surface area contributed by atoms with E-state index in [0.717, 1.165) is 93.1 Å². The molecule has 0 radical (unpaired) electrons. The average molecular weight is 894 g/mol. The maximum absolute atomic E-state index is 11.2. The molecule has 0 unspecified atom stereocenters. The Kier molecular flexibility index (Phi) is 8.27. The van der Waals surface area contributed by atoms with Crippen molar-refractivity contribution in [3.63, 3.8) is 0 Å². The second kappa shape index (κ2) is 14.9. The molecular formula is C61H31N7O2. The summed E-state index contributed by atoms with van der Waals surface area (Å²) in [6.45, 7) is 0. The second-order valence-electron chi connectivity index (χ2n) is 17.4. The van der Waals surface area contributed by atoms with E-state index in [4.69, 9.17) is 18.8 Å². The van der Waals surface area contributed by atoms with Gasteiger partial charge >= 0.3 is 0 Å². The lowest BCUT2D eigenvalue weighted by atomic mass is 9.97. The van der Waals surface area contributed by atoms with Crippen LogP contribution in [0, 0.1) is 34.0 Å². The summed E-state index contributed by atoms with van der Waals surface area (Å²) in [5, 5.41) is 41.3. The zero-order valence-electron chi connectivity index (χ0n) is 36.8. The van der Waals surface area contributed by atoms with Gasteiger partial charge in [0.2, 0.25) is 0 Å². The summed E-state index contributed by atoms with van der Waals surface area (Å²) in [6, 6.07) is 68.9. The molecule has 0 aliphatic carbocycles. The van der Waals surface area contributed by atoms with Crippen LogP contribution in [0.2, 0.25) is 0 Å². The molecule has 0 saturated heterocycles. The summed E-state index contributed by atoms with van der Waals surface area (Å²) >= 11 is 0. The molecule has 5 aromatic heterocycles. The minimum absolute atomic E-state index is 0.208. The Morgan fingerprint density at radius 3 is 1.29 bits per heavy atom. The summed E-state index contributed by atoms with van der Waals surface area (Å²) in [6.07, 6.45) is 0. The molecule has 0 bridgehead atoms. The third kappa shape index (κ3) is 5.50. The number of fused-ring (bicyclic) bond motifs is 14. The predicted molar refractivity (Wildman–Crippen MR) is 276 cm³/mol. The van der Waals surface area contributed by atoms with Gasteiger partial charge in [0.05, 0.1) is 66.7 Å². The molecule has 0 spiro atoms. The molecule has 0 atom stereocenters. The minimum atomic E-state index is 0.208. The summed E-state index contributed by atoms with van der Waals surface area (Å²) in [5.74, 6) is 0.392. The summed E-state index contributed by atoms with van der Waals surface area (Å²) < 4.78 is 17.0. The molecule has 0 aliphatic rings. The molecule has 0 amide bonds. The van der Waals surface area contributed by atoms with Crippen LogP contribution in [0.25, 0.3) is 133 Å². The van der Waals surface area contributed by atoms with E-state index in [1.165, 1.54) is 0 Å². The van der Waals surface area contributed by atoms with Crippen LogP contribution < -0.4 is 0 Å². The molecular weight excluding hydrogens is 863 g/mol. The van der Waals surface area contributed by atoms with Crippen LogP contribution in [0.4, 0.5) is 0 Å². The van der Waals surface area contributed by atoms with Crippen LogP contribution >= 0.6 is 0 Å². The van der Waals surface area contributed by atoms with Gasteiger partial charge in [0.15, 0.2) is 5.82 Å². The highest BCUT2D eigenvalue weighted by molar-refractivity contribution is 6.26. The number of hydrogen-bond acceptors (Lipinski definition) is 7. The first kappa shape index (κ1) is 38.9. The molecule has 70 heavy (non-hydrogen) atoms. The van der Waals surface area contributed by atoms with Crippen LogP contribution in [0.3, 0.4) is 0 Å². The topological polar surface area (TPSA) is 133 Å². The SMILES string of the molecule is N#Cc1cc(-c2nc(-c3ccccc3)nc(-c3ccc(-n4c5ccccc5c5ccc6oc7ccccc7c6c54)c(C#N)c3)c2C#N)ccc1-n1c2ccccc2c2ccc3oc4ccccc4c3c21. The van der Waals surface area contributed by atoms with E-state index in [1.807, 2.05) is 127 Å². The number of para-hydroxylation sites is 4. The van der Waals surface area contributed by atoms with Gasteiger partial charge in [0.1, 0.15) is 46.1 Å². The maximum atomic E-state index is 11.2. The van der Waals surface area contributed by atoms with Crippen molar-refractivity contribution in [3.8, 4) is 63.5 Å². The Balaban J connectivity index is 0.982. The lowest BCUT2D eigenvalue weighted by molar-refractivity contribution is 0.669. The number of aromatic nitrogens is 4. The Labute approximate surface area is 397 Å². The van der Waals surface area contributed by atoms with E-state index >= 15 is 0 Å². The monoisotopic (exact) mass is 893 g/mol. The zero-order valence-corrected chi connectivity index (χ0v) is 36.8. The molecule has 9 aromatic carbocycles. The van der Waals surface area contributed by atoms with Gasteiger partial charge in [0, 0.05) is 49.0 Å². The normalized spacial score (nSPS) is 11.7. The Hall–Kier alpha value is -10.3. The number of hydrogen-bond donors (Lipinski definition) is 0. The van der Waals surface area contributed by atoms with Crippen LogP contribution in [-0.2, 0) is 0 Å². The highest BCUT2D eigenvalue weighted by atomic mass is 16.3. The number of rotatable bonds is 5. The van der Waals surface area contributed by atoms with Crippen LogP contribution in [0.15, 0.2) is 197 Å². The first-order valence-electron chi connectivity index (χ1n) is 22.7. The molecule has 0 fully saturated rings. The zero-order chi connectivity index (χ0) is 46.6. The van der Waals surface area contributed by atoms with E-state index in [0.29, 0.717) is 50.8 Å². The lowest BCUT2D eigenvalue weighted by Crippen LogP contribution is -2.04. The van der Waals surface area contributed by atoms with Crippen LogP contribution in [0.1, 0.15) is 16.7 Å². The standard InChI is InChI=1S/C61H31N7O2/c62-32-38-30-36(22-26-47(38)67-49-18-8-4-14-40(49)42-24-28-53-55(59(42)67)44-16-6-10-20-51(44)69-53)57-46(34-64)58(66-61(65-57)35-12-2-1-3-13-35)37-23-27-48(39(31-37)33-63)68-50-19-9-5-15-41(50)43-25-29-54-56(60(43)68)45-17-7-11-21-52(45)70-54/h1-31H. The van der Waals surface area contributed by atoms with Gasteiger partial charge < -0.3 is 18.0 Å². The number of benzene rings is 9.